The fraction of sp³-hybridized carbons (Fsp3) is 0.0870. The first kappa shape index (κ1) is 36.8. The monoisotopic (exact) mass is 846 g/mol. The van der Waals surface area contributed by atoms with Gasteiger partial charge in [-0.3, -0.25) is 10.2 Å². The Balaban J connectivity index is 0.888. The van der Waals surface area contributed by atoms with E-state index in [0.29, 0.717) is 68.8 Å². The van der Waals surface area contributed by atoms with Crippen LogP contribution in [0.5, 0.6) is 11.8 Å². The fourth-order valence-electron chi connectivity index (χ4n) is 8.12. The number of methoxy groups -OCH3 is 2. The van der Waals surface area contributed by atoms with Gasteiger partial charge in [0.1, 0.15) is 23.2 Å². The number of aromatic amines is 3. The average Bonchev–Trinajstić information content (AvgIpc) is 4.18. The molecule has 0 saturated carbocycles. The van der Waals surface area contributed by atoms with Crippen LogP contribution in [0, 0.1) is 6.92 Å². The van der Waals surface area contributed by atoms with E-state index in [0.717, 1.165) is 66.6 Å². The lowest BCUT2D eigenvalue weighted by atomic mass is 10.1. The summed E-state index contributed by atoms with van der Waals surface area (Å²) >= 11 is 0. The summed E-state index contributed by atoms with van der Waals surface area (Å²) in [6.07, 6.45) is 9.30. The van der Waals surface area contributed by atoms with Crippen LogP contribution >= 0.6 is 0 Å². The Labute approximate surface area is 360 Å². The zero-order chi connectivity index (χ0) is 42.9. The first-order valence-corrected chi connectivity index (χ1v) is 20.1. The van der Waals surface area contributed by atoms with Crippen LogP contribution in [0.15, 0.2) is 119 Å². The zero-order valence-electron chi connectivity index (χ0n) is 34.3. The number of aryl methyl sites for hydroxylation is 1. The summed E-state index contributed by atoms with van der Waals surface area (Å²) in [5.74, 6) is 2.61. The van der Waals surface area contributed by atoms with Crippen molar-refractivity contribution >= 4 is 78.4 Å². The van der Waals surface area contributed by atoms with Crippen LogP contribution in [0.3, 0.4) is 0 Å². The summed E-state index contributed by atoms with van der Waals surface area (Å²) in [6.45, 7) is 2.08. The van der Waals surface area contributed by atoms with Gasteiger partial charge in [-0.25, -0.2) is 9.97 Å². The highest BCUT2D eigenvalue weighted by molar-refractivity contribution is 6.01. The summed E-state index contributed by atoms with van der Waals surface area (Å²) in [4.78, 5) is 32.1. The number of fused-ring (bicyclic) bond motifs is 5. The van der Waals surface area contributed by atoms with E-state index in [1.165, 1.54) is 0 Å². The van der Waals surface area contributed by atoms with Crippen molar-refractivity contribution < 1.29 is 18.3 Å². The van der Waals surface area contributed by atoms with Crippen molar-refractivity contribution in [1.29, 1.82) is 0 Å². The fourth-order valence-corrected chi connectivity index (χ4v) is 8.12. The molecule has 18 nitrogen and oxygen atoms in total. The topological polar surface area (TPSA) is 224 Å². The highest BCUT2D eigenvalue weighted by Crippen LogP contribution is 2.39. The lowest BCUT2D eigenvalue weighted by molar-refractivity contribution is 0.403. The molecule has 0 bridgehead atoms. The molecule has 0 spiro atoms. The van der Waals surface area contributed by atoms with E-state index in [4.69, 9.17) is 43.2 Å². The van der Waals surface area contributed by atoms with Gasteiger partial charge in [-0.05, 0) is 71.3 Å². The Bertz CT molecular complexity index is 3710. The number of ether oxygens (including phenoxy) is 2. The highest BCUT2D eigenvalue weighted by Gasteiger charge is 2.23. The van der Waals surface area contributed by atoms with Gasteiger partial charge in [0.25, 0.3) is 0 Å². The summed E-state index contributed by atoms with van der Waals surface area (Å²) in [7, 11) is 3.19. The van der Waals surface area contributed by atoms with E-state index in [-0.39, 0.29) is 6.54 Å². The summed E-state index contributed by atoms with van der Waals surface area (Å²) < 4.78 is 26.2. The number of anilines is 4. The molecule has 12 rings (SSSR count). The minimum Gasteiger partial charge on any atom is -0.480 e. The maximum absolute atomic E-state index is 6.49. The first-order chi connectivity index (χ1) is 31.4. The van der Waals surface area contributed by atoms with Gasteiger partial charge in [-0.2, -0.15) is 30.1 Å². The van der Waals surface area contributed by atoms with Crippen molar-refractivity contribution in [3.8, 4) is 45.1 Å². The normalized spacial score (nSPS) is 11.7. The molecule has 8 aromatic heterocycles. The minimum atomic E-state index is 0.251. The molecule has 8 heterocycles. The lowest BCUT2D eigenvalue weighted by Gasteiger charge is -2.10. The second kappa shape index (κ2) is 14.5. The van der Waals surface area contributed by atoms with Crippen LogP contribution < -0.4 is 20.1 Å². The van der Waals surface area contributed by atoms with Gasteiger partial charge in [0.2, 0.25) is 29.5 Å². The smallest absolute Gasteiger partial charge is 0.232 e. The second-order valence-corrected chi connectivity index (χ2v) is 15.1. The van der Waals surface area contributed by atoms with Gasteiger partial charge < -0.3 is 38.5 Å². The highest BCUT2D eigenvalue weighted by atomic mass is 16.5. The zero-order valence-corrected chi connectivity index (χ0v) is 34.3. The van der Waals surface area contributed by atoms with Crippen LogP contribution in [-0.4, -0.2) is 74.1 Å². The van der Waals surface area contributed by atoms with Gasteiger partial charge in [0.05, 0.1) is 42.9 Å². The van der Waals surface area contributed by atoms with Crippen LogP contribution in [0.2, 0.25) is 0 Å². The molecule has 0 radical (unpaired) electrons. The predicted octanol–water partition coefficient (Wildman–Crippen LogP) is 9.45. The molecule has 5 N–H and O–H groups in total. The Morgan fingerprint density at radius 1 is 0.641 bits per heavy atom. The van der Waals surface area contributed by atoms with Crippen LogP contribution in [0.1, 0.15) is 11.8 Å². The number of hydrogen-bond donors (Lipinski definition) is 5. The third-order valence-electron chi connectivity index (χ3n) is 11.1. The Morgan fingerprint density at radius 2 is 1.36 bits per heavy atom. The standard InChI is InChI=1S/C46H34N14O4/c1-23-51-34-11-7-26(16-36(34)63-23)32-21-60(42-40(32)44(62-3)58-46(56-42)53-30-10-13-33-27(14-30)17-50-59-33)22-38-54-35-12-6-25(15-37(35)64-38)31-20-47-41-39(31)43(61-2)57-45(55-41)52-29-8-4-24(5-9-29)28-18-48-49-19-28/h4-21H,22H2,1-3H3,(H,48,49)(H,50,59)(H,53,56,58)(H2,47,52,55,57). The van der Waals surface area contributed by atoms with Crippen molar-refractivity contribution in [2.45, 2.75) is 13.5 Å². The van der Waals surface area contributed by atoms with Gasteiger partial charge >= 0.3 is 0 Å². The Hall–Kier alpha value is -9.06. The summed E-state index contributed by atoms with van der Waals surface area (Å²) in [5, 5.41) is 23.1. The molecule has 0 aliphatic heterocycles. The number of nitrogens with zero attached hydrogens (tertiary/aromatic N) is 9. The summed E-state index contributed by atoms with van der Waals surface area (Å²) in [5.41, 5.74) is 12.0. The molecule has 12 aromatic rings. The van der Waals surface area contributed by atoms with Crippen molar-refractivity contribution in [2.75, 3.05) is 24.9 Å². The van der Waals surface area contributed by atoms with Crippen molar-refractivity contribution in [3.05, 3.63) is 122 Å². The Kier molecular flexibility index (Phi) is 8.36. The van der Waals surface area contributed by atoms with Gasteiger partial charge in [-0.15, -0.1) is 0 Å². The van der Waals surface area contributed by atoms with Crippen LogP contribution in [-0.2, 0) is 6.54 Å². The van der Waals surface area contributed by atoms with E-state index in [2.05, 4.69) is 41.0 Å². The third kappa shape index (κ3) is 6.35. The molecule has 0 aliphatic carbocycles. The minimum absolute atomic E-state index is 0.251. The molecular weight excluding hydrogens is 813 g/mol. The third-order valence-corrected chi connectivity index (χ3v) is 11.1. The number of benzene rings is 4. The second-order valence-electron chi connectivity index (χ2n) is 15.1. The number of nitrogens with one attached hydrogen (secondary N) is 5. The average molecular weight is 847 g/mol. The number of oxazole rings is 2. The van der Waals surface area contributed by atoms with E-state index in [9.17, 15) is 0 Å². The van der Waals surface area contributed by atoms with Crippen LogP contribution in [0.25, 0.3) is 88.5 Å². The molecule has 312 valence electrons. The van der Waals surface area contributed by atoms with E-state index in [1.807, 2.05) is 109 Å². The molecular formula is C46H34N14O4. The van der Waals surface area contributed by atoms with Crippen LogP contribution in [0.4, 0.5) is 23.3 Å². The van der Waals surface area contributed by atoms with Crippen molar-refractivity contribution in [3.63, 3.8) is 0 Å². The molecule has 0 amide bonds. The number of rotatable bonds is 11. The molecule has 0 saturated heterocycles. The molecule has 18 heteroatoms. The predicted molar refractivity (Wildman–Crippen MR) is 241 cm³/mol. The largest absolute Gasteiger partial charge is 0.480 e. The molecule has 0 aliphatic rings. The maximum atomic E-state index is 6.49. The quantitative estimate of drug-likeness (QED) is 0.0818. The molecule has 0 atom stereocenters. The molecule has 64 heavy (non-hydrogen) atoms. The number of H-pyrrole nitrogens is 3. The summed E-state index contributed by atoms with van der Waals surface area (Å²) in [6, 6.07) is 25.6. The Morgan fingerprint density at radius 3 is 2.16 bits per heavy atom. The van der Waals surface area contributed by atoms with Crippen molar-refractivity contribution in [1.82, 2.24) is 59.8 Å². The number of aromatic nitrogens is 12. The lowest BCUT2D eigenvalue weighted by Crippen LogP contribution is -2.04. The van der Waals surface area contributed by atoms with E-state index < -0.39 is 0 Å². The molecule has 0 fully saturated rings. The van der Waals surface area contributed by atoms with E-state index >= 15 is 0 Å². The maximum Gasteiger partial charge on any atom is 0.232 e. The molecule has 0 unspecified atom stereocenters. The van der Waals surface area contributed by atoms with E-state index in [1.54, 1.807) is 26.6 Å². The van der Waals surface area contributed by atoms with Gasteiger partial charge in [0.15, 0.2) is 22.7 Å². The van der Waals surface area contributed by atoms with Gasteiger partial charge in [0, 0.05) is 59.0 Å². The SMILES string of the molecule is COc1nc(Nc2ccc(-c3cn[nH]c3)cc2)nc2[nH]cc(-c3ccc4nc(Cn5cc(-c6ccc7nc(C)oc7c6)c6c(OC)nc(Nc7ccc8[nH]ncc8c7)nc65)oc4c3)c12. The van der Waals surface area contributed by atoms with Gasteiger partial charge in [-0.1, -0.05) is 24.3 Å². The van der Waals surface area contributed by atoms with Crippen molar-refractivity contribution in [2.24, 2.45) is 0 Å². The molecule has 4 aromatic carbocycles. The number of hydrogen-bond acceptors (Lipinski definition) is 14. The first-order valence-electron chi connectivity index (χ1n) is 20.1.